The van der Waals surface area contributed by atoms with E-state index in [0.29, 0.717) is 27.2 Å². The van der Waals surface area contributed by atoms with E-state index in [0.717, 1.165) is 19.3 Å². The van der Waals surface area contributed by atoms with Crippen LogP contribution in [0, 0.1) is 10.7 Å². The molecule has 2 atom stereocenters. The Morgan fingerprint density at radius 3 is 2.91 bits per heavy atom. The van der Waals surface area contributed by atoms with Crippen molar-refractivity contribution in [2.24, 2.45) is 13.0 Å². The fourth-order valence-corrected chi connectivity index (χ4v) is 3.47. The number of carbonyl (C=O) groups is 1. The first-order valence-corrected chi connectivity index (χ1v) is 8.40. The van der Waals surface area contributed by atoms with Gasteiger partial charge in [-0.3, -0.25) is 14.2 Å². The van der Waals surface area contributed by atoms with E-state index >= 15 is 0 Å². The molecule has 1 saturated carbocycles. The summed E-state index contributed by atoms with van der Waals surface area (Å²) in [6, 6.07) is 5.32. The Morgan fingerprint density at radius 1 is 1.39 bits per heavy atom. The first-order chi connectivity index (χ1) is 11.0. The molecule has 0 unspecified atom stereocenters. The van der Waals surface area contributed by atoms with Gasteiger partial charge in [0, 0.05) is 18.7 Å². The number of carbonyl (C=O) groups excluding carboxylic acids is 1. The number of nitrogens with one attached hydrogen (secondary N) is 2. The van der Waals surface area contributed by atoms with Crippen LogP contribution in [0.4, 0.5) is 0 Å². The number of aromatic nitrogens is 2. The average molecular weight is 331 g/mol. The lowest BCUT2D eigenvalue weighted by Gasteiger charge is -2.27. The minimum absolute atomic E-state index is 0.0917. The van der Waals surface area contributed by atoms with Gasteiger partial charge in [0.2, 0.25) is 0 Å². The number of hydrogen-bond donors (Lipinski definition) is 2. The van der Waals surface area contributed by atoms with Crippen molar-refractivity contribution in [2.75, 3.05) is 0 Å². The lowest BCUT2D eigenvalue weighted by molar-refractivity contribution is 0.0921. The third-order valence-electron chi connectivity index (χ3n) is 4.63. The molecule has 6 heteroatoms. The average Bonchev–Trinajstić information content (AvgIpc) is 2.52. The van der Waals surface area contributed by atoms with Gasteiger partial charge in [0.25, 0.3) is 11.5 Å². The summed E-state index contributed by atoms with van der Waals surface area (Å²) >= 11 is 5.13. The predicted octanol–water partition coefficient (Wildman–Crippen LogP) is 2.90. The predicted molar refractivity (Wildman–Crippen MR) is 93.3 cm³/mol. The fraction of sp³-hybridized carbons (Fsp3) is 0.471. The maximum absolute atomic E-state index is 12.5. The molecule has 1 heterocycles. The Morgan fingerprint density at radius 2 is 2.17 bits per heavy atom. The summed E-state index contributed by atoms with van der Waals surface area (Å²) in [5.41, 5.74) is 0.995. The molecule has 0 aliphatic heterocycles. The summed E-state index contributed by atoms with van der Waals surface area (Å²) in [5, 5.41) is 3.64. The number of amides is 1. The highest BCUT2D eigenvalue weighted by Crippen LogP contribution is 2.23. The van der Waals surface area contributed by atoms with E-state index in [2.05, 4.69) is 17.2 Å². The molecule has 2 aromatic rings. The molecule has 1 aromatic heterocycles. The van der Waals surface area contributed by atoms with Crippen molar-refractivity contribution in [1.29, 1.82) is 0 Å². The molecule has 0 radical (unpaired) electrons. The monoisotopic (exact) mass is 331 g/mol. The normalized spacial score (nSPS) is 21.3. The standard InChI is InChI=1S/C17H21N3O2S/c1-10-4-3-5-12(8-10)18-15(21)11-6-7-13-14(9-11)19-17(23)20(2)16(13)22/h6-7,9-10,12H,3-5,8H2,1-2H3,(H,18,21)(H,19,23)/t10-,12+/m1/s1. The number of aromatic amines is 1. The van der Waals surface area contributed by atoms with Gasteiger partial charge in [-0.05, 0) is 49.2 Å². The van der Waals surface area contributed by atoms with Crippen molar-refractivity contribution >= 4 is 29.0 Å². The van der Waals surface area contributed by atoms with Crippen LogP contribution in [0.25, 0.3) is 10.9 Å². The maximum atomic E-state index is 12.5. The van der Waals surface area contributed by atoms with E-state index in [1.807, 2.05) is 0 Å². The van der Waals surface area contributed by atoms with E-state index in [-0.39, 0.29) is 17.5 Å². The van der Waals surface area contributed by atoms with Crippen molar-refractivity contribution in [3.05, 3.63) is 38.9 Å². The van der Waals surface area contributed by atoms with Gasteiger partial charge in [0.15, 0.2) is 4.77 Å². The van der Waals surface area contributed by atoms with Crippen LogP contribution in [0.1, 0.15) is 43.0 Å². The quantitative estimate of drug-likeness (QED) is 0.832. The molecule has 122 valence electrons. The molecule has 0 bridgehead atoms. The number of H-pyrrole nitrogens is 1. The maximum Gasteiger partial charge on any atom is 0.261 e. The molecule has 1 aliphatic rings. The Hall–Kier alpha value is -1.95. The summed E-state index contributed by atoms with van der Waals surface area (Å²) in [5.74, 6) is 0.566. The lowest BCUT2D eigenvalue weighted by Crippen LogP contribution is -2.38. The summed E-state index contributed by atoms with van der Waals surface area (Å²) in [4.78, 5) is 27.6. The van der Waals surface area contributed by atoms with E-state index in [1.54, 1.807) is 25.2 Å². The van der Waals surface area contributed by atoms with Crippen LogP contribution in [0.15, 0.2) is 23.0 Å². The molecular formula is C17H21N3O2S. The SMILES string of the molecule is C[C@@H]1CCC[C@H](NC(=O)c2ccc3c(=O)n(C)c(=S)[nH]c3c2)C1. The van der Waals surface area contributed by atoms with Gasteiger partial charge in [-0.15, -0.1) is 0 Å². The largest absolute Gasteiger partial charge is 0.349 e. The minimum atomic E-state index is -0.156. The van der Waals surface area contributed by atoms with Crippen molar-refractivity contribution in [3.63, 3.8) is 0 Å². The van der Waals surface area contributed by atoms with Crippen molar-refractivity contribution in [2.45, 2.75) is 38.6 Å². The highest BCUT2D eigenvalue weighted by Gasteiger charge is 2.21. The zero-order chi connectivity index (χ0) is 16.6. The zero-order valence-corrected chi connectivity index (χ0v) is 14.2. The summed E-state index contributed by atoms with van der Waals surface area (Å²) in [6.45, 7) is 2.23. The molecule has 23 heavy (non-hydrogen) atoms. The highest BCUT2D eigenvalue weighted by molar-refractivity contribution is 7.71. The number of fused-ring (bicyclic) bond motifs is 1. The zero-order valence-electron chi connectivity index (χ0n) is 13.4. The highest BCUT2D eigenvalue weighted by atomic mass is 32.1. The molecular weight excluding hydrogens is 310 g/mol. The van der Waals surface area contributed by atoms with Crippen molar-refractivity contribution in [1.82, 2.24) is 14.9 Å². The van der Waals surface area contributed by atoms with Gasteiger partial charge in [0.05, 0.1) is 10.9 Å². The molecule has 1 fully saturated rings. The number of benzene rings is 1. The molecule has 5 nitrogen and oxygen atoms in total. The Kier molecular flexibility index (Phi) is 4.35. The van der Waals surface area contributed by atoms with Crippen molar-refractivity contribution in [3.8, 4) is 0 Å². The van der Waals surface area contributed by atoms with Crippen LogP contribution in [-0.2, 0) is 7.05 Å². The van der Waals surface area contributed by atoms with Crippen LogP contribution in [0.5, 0.6) is 0 Å². The van der Waals surface area contributed by atoms with Gasteiger partial charge in [-0.2, -0.15) is 0 Å². The van der Waals surface area contributed by atoms with E-state index < -0.39 is 0 Å². The molecule has 1 aliphatic carbocycles. The topological polar surface area (TPSA) is 66.9 Å². The van der Waals surface area contributed by atoms with Gasteiger partial charge >= 0.3 is 0 Å². The van der Waals surface area contributed by atoms with E-state index in [1.165, 1.54) is 11.0 Å². The Balaban J connectivity index is 1.88. The fourth-order valence-electron chi connectivity index (χ4n) is 3.28. The van der Waals surface area contributed by atoms with Gasteiger partial charge < -0.3 is 10.3 Å². The molecule has 0 spiro atoms. The number of hydrogen-bond acceptors (Lipinski definition) is 3. The molecule has 1 amide bonds. The molecule has 3 rings (SSSR count). The van der Waals surface area contributed by atoms with Crippen molar-refractivity contribution < 1.29 is 4.79 Å². The third kappa shape index (κ3) is 3.22. The van der Waals surface area contributed by atoms with Crippen LogP contribution < -0.4 is 10.9 Å². The number of rotatable bonds is 2. The van der Waals surface area contributed by atoms with Gasteiger partial charge in [-0.25, -0.2) is 0 Å². The van der Waals surface area contributed by atoms with Gasteiger partial charge in [-0.1, -0.05) is 19.8 Å². The lowest BCUT2D eigenvalue weighted by atomic mass is 9.87. The Bertz CT molecular complexity index is 868. The summed E-state index contributed by atoms with van der Waals surface area (Å²) in [6.07, 6.45) is 4.46. The minimum Gasteiger partial charge on any atom is -0.349 e. The molecule has 2 N–H and O–H groups in total. The van der Waals surface area contributed by atoms with Crippen LogP contribution in [-0.4, -0.2) is 21.5 Å². The van der Waals surface area contributed by atoms with E-state index in [4.69, 9.17) is 12.2 Å². The second-order valence-corrected chi connectivity index (χ2v) is 6.88. The smallest absolute Gasteiger partial charge is 0.261 e. The van der Waals surface area contributed by atoms with Crippen LogP contribution >= 0.6 is 12.2 Å². The van der Waals surface area contributed by atoms with Crippen LogP contribution in [0.3, 0.4) is 0 Å². The molecule has 1 aromatic carbocycles. The van der Waals surface area contributed by atoms with Crippen LogP contribution in [0.2, 0.25) is 0 Å². The third-order valence-corrected chi connectivity index (χ3v) is 5.01. The Labute approximate surface area is 139 Å². The second-order valence-electron chi connectivity index (χ2n) is 6.50. The molecule has 0 saturated heterocycles. The summed E-state index contributed by atoms with van der Waals surface area (Å²) in [7, 11) is 1.63. The summed E-state index contributed by atoms with van der Waals surface area (Å²) < 4.78 is 1.74. The second kappa shape index (κ2) is 6.28. The van der Waals surface area contributed by atoms with Gasteiger partial charge in [0.1, 0.15) is 0 Å². The number of nitrogens with zero attached hydrogens (tertiary/aromatic N) is 1. The van der Waals surface area contributed by atoms with E-state index in [9.17, 15) is 9.59 Å². The first kappa shape index (κ1) is 15.9. The first-order valence-electron chi connectivity index (χ1n) is 7.99.